The van der Waals surface area contributed by atoms with E-state index in [0.29, 0.717) is 18.9 Å². The van der Waals surface area contributed by atoms with Gasteiger partial charge in [-0.05, 0) is 37.0 Å². The summed E-state index contributed by atoms with van der Waals surface area (Å²) in [5.41, 5.74) is -0.550. The standard InChI is InChI=1S/C23H34N4O6S3/c1-14(2)9-10-23(3)13-27(16-7-5-6-8-16)22(29)17(19(23)28)20-25-21-18(36(32,33)26-20)15(12-34-21)11-24-35(4,30)31/h12,14,16-17,24H,5-11,13H2,1-4H3,(H,25,26). The largest absolute Gasteiger partial charge is 0.338 e. The summed E-state index contributed by atoms with van der Waals surface area (Å²) < 4.78 is 55.7. The van der Waals surface area contributed by atoms with Crippen molar-refractivity contribution in [3.05, 3.63) is 10.9 Å². The van der Waals surface area contributed by atoms with Crippen LogP contribution >= 0.6 is 11.3 Å². The number of carbonyl (C=O) groups is 2. The number of Topliss-reactive ketones (excluding diaryl/α,β-unsaturated/α-hetero) is 1. The molecule has 200 valence electrons. The molecule has 3 aliphatic rings. The van der Waals surface area contributed by atoms with E-state index >= 15 is 0 Å². The lowest BCUT2D eigenvalue weighted by atomic mass is 9.70. The predicted molar refractivity (Wildman–Crippen MR) is 139 cm³/mol. The molecule has 0 aromatic carbocycles. The number of carbonyl (C=O) groups excluding carboxylic acids is 2. The van der Waals surface area contributed by atoms with Crippen LogP contribution in [0.25, 0.3) is 0 Å². The Morgan fingerprint density at radius 2 is 1.94 bits per heavy atom. The Bertz CT molecular complexity index is 1290. The summed E-state index contributed by atoms with van der Waals surface area (Å²) in [7, 11) is -7.80. The van der Waals surface area contributed by atoms with Crippen LogP contribution < -0.4 is 10.0 Å². The summed E-state index contributed by atoms with van der Waals surface area (Å²) in [6.45, 7) is 6.18. The Kier molecular flexibility index (Phi) is 7.41. The van der Waals surface area contributed by atoms with Gasteiger partial charge in [-0.2, -0.15) is 8.42 Å². The molecular weight excluding hydrogens is 524 g/mol. The van der Waals surface area contributed by atoms with Crippen molar-refractivity contribution in [3.63, 3.8) is 0 Å². The average molecular weight is 559 g/mol. The van der Waals surface area contributed by atoms with Crippen LogP contribution in [0.4, 0.5) is 5.00 Å². The molecule has 1 aromatic heterocycles. The maximum Gasteiger partial charge on any atom is 0.287 e. The molecular formula is C23H34N4O6S3. The first-order chi connectivity index (χ1) is 16.7. The molecule has 2 fully saturated rings. The number of thiophene rings is 1. The van der Waals surface area contributed by atoms with Crippen LogP contribution in [0, 0.1) is 17.3 Å². The fraction of sp³-hybridized carbons (Fsp3) is 0.696. The number of nitrogens with zero attached hydrogens (tertiary/aromatic N) is 2. The molecule has 1 aromatic rings. The van der Waals surface area contributed by atoms with Crippen LogP contribution in [0.1, 0.15) is 64.9 Å². The first-order valence-electron chi connectivity index (χ1n) is 12.2. The van der Waals surface area contributed by atoms with Gasteiger partial charge in [0.05, 0.1) is 6.26 Å². The highest BCUT2D eigenvalue weighted by Crippen LogP contribution is 2.42. The first kappa shape index (κ1) is 27.2. The van der Waals surface area contributed by atoms with Crippen molar-refractivity contribution in [1.82, 2.24) is 9.62 Å². The highest BCUT2D eigenvalue weighted by molar-refractivity contribution is 7.91. The van der Waals surface area contributed by atoms with Crippen molar-refractivity contribution < 1.29 is 26.4 Å². The third kappa shape index (κ3) is 5.39. The summed E-state index contributed by atoms with van der Waals surface area (Å²) in [5.74, 6) is -1.81. The quantitative estimate of drug-likeness (QED) is 0.467. The molecule has 1 aliphatic carbocycles. The Labute approximate surface area is 217 Å². The second-order valence-corrected chi connectivity index (χ2v) is 15.0. The van der Waals surface area contributed by atoms with E-state index in [9.17, 15) is 26.4 Å². The fourth-order valence-electron chi connectivity index (χ4n) is 5.26. The fourth-order valence-corrected chi connectivity index (χ4v) is 8.32. The number of nitrogens with one attached hydrogen (secondary N) is 2. The summed E-state index contributed by atoms with van der Waals surface area (Å²) in [4.78, 5) is 29.2. The van der Waals surface area contributed by atoms with Gasteiger partial charge in [0.25, 0.3) is 10.0 Å². The second-order valence-electron chi connectivity index (χ2n) is 10.8. The molecule has 13 heteroatoms. The number of amidine groups is 1. The lowest BCUT2D eigenvalue weighted by Crippen LogP contribution is -2.61. The predicted octanol–water partition coefficient (Wildman–Crippen LogP) is 2.72. The maximum absolute atomic E-state index is 13.8. The van der Waals surface area contributed by atoms with Gasteiger partial charge in [-0.1, -0.05) is 33.6 Å². The Hall–Kier alpha value is -1.83. The molecule has 0 radical (unpaired) electrons. The number of piperidine rings is 1. The minimum atomic E-state index is -4.26. The van der Waals surface area contributed by atoms with Crippen molar-refractivity contribution >= 4 is 53.9 Å². The smallest absolute Gasteiger partial charge is 0.287 e. The molecule has 0 spiro atoms. The second kappa shape index (κ2) is 9.80. The highest BCUT2D eigenvalue weighted by Gasteiger charge is 2.53. The van der Waals surface area contributed by atoms with Gasteiger partial charge >= 0.3 is 0 Å². The normalized spacial score (nSPS) is 26.8. The van der Waals surface area contributed by atoms with Gasteiger partial charge in [0.1, 0.15) is 15.7 Å². The van der Waals surface area contributed by atoms with E-state index in [1.165, 1.54) is 5.38 Å². The van der Waals surface area contributed by atoms with E-state index < -0.39 is 37.3 Å². The number of hydrogen-bond donors (Lipinski definition) is 2. The van der Waals surface area contributed by atoms with Crippen molar-refractivity contribution in [2.24, 2.45) is 21.6 Å². The number of ketones is 1. The SMILES string of the molecule is CC(C)CCC1(C)CN(C2CCCC2)C(=O)C(C2=NS(=O)(=O)c3c(CNS(C)(=O)=O)csc3N2)C1=O. The minimum absolute atomic E-state index is 0.0400. The lowest BCUT2D eigenvalue weighted by molar-refractivity contribution is -0.153. The van der Waals surface area contributed by atoms with Crippen molar-refractivity contribution in [2.45, 2.75) is 76.8 Å². The molecule has 4 rings (SSSR count). The van der Waals surface area contributed by atoms with Crippen LogP contribution in [-0.4, -0.2) is 58.1 Å². The summed E-state index contributed by atoms with van der Waals surface area (Å²) in [6, 6.07) is 0.0400. The number of sulfonamides is 2. The van der Waals surface area contributed by atoms with Crippen molar-refractivity contribution in [2.75, 3.05) is 18.1 Å². The Morgan fingerprint density at radius 1 is 1.28 bits per heavy atom. The zero-order valence-corrected chi connectivity index (χ0v) is 23.5. The van der Waals surface area contributed by atoms with Gasteiger partial charge in [0.15, 0.2) is 11.7 Å². The lowest BCUT2D eigenvalue weighted by Gasteiger charge is -2.45. The van der Waals surface area contributed by atoms with E-state index in [-0.39, 0.29) is 39.7 Å². The van der Waals surface area contributed by atoms with Crippen LogP contribution in [0.15, 0.2) is 14.7 Å². The van der Waals surface area contributed by atoms with Crippen molar-refractivity contribution in [3.8, 4) is 0 Å². The Morgan fingerprint density at radius 3 is 2.56 bits per heavy atom. The third-order valence-electron chi connectivity index (χ3n) is 7.28. The van der Waals surface area contributed by atoms with E-state index in [1.54, 1.807) is 4.90 Å². The molecule has 1 amide bonds. The van der Waals surface area contributed by atoms with Gasteiger partial charge in [-0.3, -0.25) is 9.59 Å². The summed E-state index contributed by atoms with van der Waals surface area (Å²) in [6.07, 6.45) is 6.18. The van der Waals surface area contributed by atoms with Crippen molar-refractivity contribution in [1.29, 1.82) is 0 Å². The van der Waals surface area contributed by atoms with Gasteiger partial charge in [-0.15, -0.1) is 15.7 Å². The maximum atomic E-state index is 13.8. The summed E-state index contributed by atoms with van der Waals surface area (Å²) in [5, 5.41) is 4.72. The van der Waals surface area contributed by atoms with Crippen LogP contribution in [0.2, 0.25) is 0 Å². The zero-order valence-electron chi connectivity index (χ0n) is 21.0. The van der Waals surface area contributed by atoms with Crippen LogP contribution in [-0.2, 0) is 36.2 Å². The number of anilines is 1. The molecule has 2 unspecified atom stereocenters. The number of likely N-dealkylation sites (tertiary alicyclic amines) is 1. The molecule has 10 nitrogen and oxygen atoms in total. The molecule has 3 heterocycles. The minimum Gasteiger partial charge on any atom is -0.338 e. The van der Waals surface area contributed by atoms with Gasteiger partial charge in [-0.25, -0.2) is 13.1 Å². The summed E-state index contributed by atoms with van der Waals surface area (Å²) >= 11 is 1.07. The number of hydrogen-bond acceptors (Lipinski definition) is 8. The number of fused-ring (bicyclic) bond motifs is 1. The highest BCUT2D eigenvalue weighted by atomic mass is 32.2. The first-order valence-corrected chi connectivity index (χ1v) is 16.4. The van der Waals surface area contributed by atoms with E-state index in [2.05, 4.69) is 28.3 Å². The van der Waals surface area contributed by atoms with Gasteiger partial charge in [0.2, 0.25) is 15.9 Å². The van der Waals surface area contributed by atoms with Gasteiger partial charge in [0, 0.05) is 30.1 Å². The molecule has 36 heavy (non-hydrogen) atoms. The average Bonchev–Trinajstić information content (AvgIpc) is 3.43. The van der Waals surface area contributed by atoms with Crippen LogP contribution in [0.3, 0.4) is 0 Å². The van der Waals surface area contributed by atoms with Gasteiger partial charge < -0.3 is 10.2 Å². The molecule has 2 aliphatic heterocycles. The topological polar surface area (TPSA) is 142 Å². The zero-order chi connectivity index (χ0) is 26.5. The van der Waals surface area contributed by atoms with E-state index in [1.807, 2.05) is 6.92 Å². The molecule has 1 saturated carbocycles. The number of rotatable bonds is 8. The van der Waals surface area contributed by atoms with E-state index in [0.717, 1.165) is 49.7 Å². The third-order valence-corrected chi connectivity index (χ3v) is 10.4. The molecule has 2 N–H and O–H groups in total. The molecule has 1 saturated heterocycles. The van der Waals surface area contributed by atoms with Crippen LogP contribution in [0.5, 0.6) is 0 Å². The Balaban J connectivity index is 1.70. The number of amides is 1. The molecule has 0 bridgehead atoms. The monoisotopic (exact) mass is 558 g/mol. The van der Waals surface area contributed by atoms with E-state index in [4.69, 9.17) is 0 Å². The molecule has 2 atom stereocenters.